The van der Waals surface area contributed by atoms with E-state index in [9.17, 15) is 4.79 Å². The molecule has 1 aromatic carbocycles. The van der Waals surface area contributed by atoms with Crippen molar-refractivity contribution in [1.29, 1.82) is 0 Å². The topological polar surface area (TPSA) is 50.4 Å². The molecular formula is C18H28N2O2. The van der Waals surface area contributed by atoms with Crippen molar-refractivity contribution in [2.24, 2.45) is 5.92 Å². The molecule has 1 saturated heterocycles. The lowest BCUT2D eigenvalue weighted by molar-refractivity contribution is -0.123. The maximum atomic E-state index is 11.8. The Bertz CT molecular complexity index is 451. The lowest BCUT2D eigenvalue weighted by Crippen LogP contribution is -2.34. The quantitative estimate of drug-likeness (QED) is 0.814. The number of carbonyl (C=O) groups is 1. The highest BCUT2D eigenvalue weighted by atomic mass is 16.5. The van der Waals surface area contributed by atoms with Crippen LogP contribution in [0, 0.1) is 5.92 Å². The summed E-state index contributed by atoms with van der Waals surface area (Å²) in [6.45, 7) is 7.35. The van der Waals surface area contributed by atoms with Gasteiger partial charge in [0.2, 0.25) is 0 Å². The highest BCUT2D eigenvalue weighted by Crippen LogP contribution is 2.18. The van der Waals surface area contributed by atoms with Crippen molar-refractivity contribution < 1.29 is 9.53 Å². The van der Waals surface area contributed by atoms with Crippen LogP contribution in [0.25, 0.3) is 0 Å². The molecule has 0 aliphatic carbocycles. The van der Waals surface area contributed by atoms with E-state index in [2.05, 4.69) is 24.5 Å². The number of nitrogens with one attached hydrogen (secondary N) is 2. The molecule has 4 heteroatoms. The van der Waals surface area contributed by atoms with Crippen LogP contribution in [0.1, 0.15) is 44.6 Å². The third-order valence-corrected chi connectivity index (χ3v) is 4.19. The number of amides is 1. The Balaban J connectivity index is 1.62. The largest absolute Gasteiger partial charge is 0.484 e. The fourth-order valence-electron chi connectivity index (χ4n) is 2.73. The van der Waals surface area contributed by atoms with Crippen molar-refractivity contribution >= 4 is 5.91 Å². The molecule has 2 rings (SSSR count). The zero-order chi connectivity index (χ0) is 15.8. The molecule has 1 aliphatic rings. The van der Waals surface area contributed by atoms with Gasteiger partial charge in [-0.15, -0.1) is 0 Å². The Morgan fingerprint density at radius 2 is 2.14 bits per heavy atom. The zero-order valence-corrected chi connectivity index (χ0v) is 13.7. The molecule has 1 unspecified atom stereocenters. The molecule has 0 spiro atoms. The Morgan fingerprint density at radius 1 is 1.36 bits per heavy atom. The van der Waals surface area contributed by atoms with E-state index in [1.807, 2.05) is 24.3 Å². The zero-order valence-electron chi connectivity index (χ0n) is 13.7. The van der Waals surface area contributed by atoms with Crippen molar-refractivity contribution in [3.05, 3.63) is 29.8 Å². The second-order valence-electron chi connectivity index (χ2n) is 6.36. The van der Waals surface area contributed by atoms with Gasteiger partial charge in [-0.25, -0.2) is 0 Å². The predicted octanol–water partition coefficient (Wildman–Crippen LogP) is 2.69. The van der Waals surface area contributed by atoms with Gasteiger partial charge in [-0.1, -0.05) is 26.0 Å². The maximum Gasteiger partial charge on any atom is 0.257 e. The third-order valence-electron chi connectivity index (χ3n) is 4.19. The molecule has 1 aliphatic heterocycles. The van der Waals surface area contributed by atoms with Gasteiger partial charge in [-0.3, -0.25) is 4.79 Å². The molecule has 1 fully saturated rings. The summed E-state index contributed by atoms with van der Waals surface area (Å²) in [7, 11) is 0. The number of hydrogen-bond acceptors (Lipinski definition) is 3. The van der Waals surface area contributed by atoms with Gasteiger partial charge in [0.1, 0.15) is 5.75 Å². The van der Waals surface area contributed by atoms with Crippen molar-refractivity contribution in [1.82, 2.24) is 10.6 Å². The van der Waals surface area contributed by atoms with Crippen LogP contribution in [0.3, 0.4) is 0 Å². The minimum atomic E-state index is -0.0447. The smallest absolute Gasteiger partial charge is 0.257 e. The molecule has 0 saturated carbocycles. The molecule has 0 aromatic heterocycles. The number of benzene rings is 1. The molecule has 2 N–H and O–H groups in total. The molecule has 0 bridgehead atoms. The van der Waals surface area contributed by atoms with Crippen molar-refractivity contribution in [3.8, 4) is 5.75 Å². The van der Waals surface area contributed by atoms with E-state index >= 15 is 0 Å². The second-order valence-corrected chi connectivity index (χ2v) is 6.36. The van der Waals surface area contributed by atoms with Gasteiger partial charge in [0.05, 0.1) is 0 Å². The number of piperidine rings is 1. The van der Waals surface area contributed by atoms with Crippen LogP contribution in [-0.4, -0.2) is 32.1 Å². The van der Waals surface area contributed by atoms with E-state index in [-0.39, 0.29) is 12.5 Å². The molecular weight excluding hydrogens is 276 g/mol. The molecule has 122 valence electrons. The Kier molecular flexibility index (Phi) is 6.72. The fraction of sp³-hybridized carbons (Fsp3) is 0.611. The van der Waals surface area contributed by atoms with Gasteiger partial charge >= 0.3 is 0 Å². The summed E-state index contributed by atoms with van der Waals surface area (Å²) in [6.07, 6.45) is 3.55. The molecule has 1 aromatic rings. The fourth-order valence-corrected chi connectivity index (χ4v) is 2.73. The minimum absolute atomic E-state index is 0.0447. The first-order valence-electron chi connectivity index (χ1n) is 8.35. The van der Waals surface area contributed by atoms with Crippen molar-refractivity contribution in [2.45, 2.75) is 39.0 Å². The van der Waals surface area contributed by atoms with Crippen LogP contribution < -0.4 is 15.4 Å². The van der Waals surface area contributed by atoms with E-state index in [0.717, 1.165) is 31.8 Å². The van der Waals surface area contributed by atoms with E-state index in [4.69, 9.17) is 4.74 Å². The summed E-state index contributed by atoms with van der Waals surface area (Å²) < 4.78 is 5.52. The number of ether oxygens (including phenoxy) is 1. The van der Waals surface area contributed by atoms with Crippen LogP contribution in [0.15, 0.2) is 24.3 Å². The van der Waals surface area contributed by atoms with Gasteiger partial charge < -0.3 is 15.4 Å². The predicted molar refractivity (Wildman–Crippen MR) is 89.2 cm³/mol. The van der Waals surface area contributed by atoms with Crippen molar-refractivity contribution in [2.75, 3.05) is 26.2 Å². The highest BCUT2D eigenvalue weighted by Gasteiger charge is 2.12. The molecule has 1 heterocycles. The van der Waals surface area contributed by atoms with Gasteiger partial charge in [0.25, 0.3) is 5.91 Å². The minimum Gasteiger partial charge on any atom is -0.484 e. The lowest BCUT2D eigenvalue weighted by Gasteiger charge is -2.22. The molecule has 22 heavy (non-hydrogen) atoms. The number of rotatable bonds is 7. The van der Waals surface area contributed by atoms with Crippen LogP contribution in [0.2, 0.25) is 0 Å². The van der Waals surface area contributed by atoms with E-state index < -0.39 is 0 Å². The number of hydrogen-bond donors (Lipinski definition) is 2. The third kappa shape index (κ3) is 5.68. The summed E-state index contributed by atoms with van der Waals surface area (Å²) in [4.78, 5) is 11.8. The standard InChI is InChI=1S/C18H28N2O2/c1-14(2)16-5-7-17(8-6-16)22-13-18(21)20-11-9-15-4-3-10-19-12-15/h5-8,14-15,19H,3-4,9-13H2,1-2H3,(H,20,21). The normalized spacial score (nSPS) is 18.2. The SMILES string of the molecule is CC(C)c1ccc(OCC(=O)NCCC2CCCNC2)cc1. The Morgan fingerprint density at radius 3 is 2.77 bits per heavy atom. The van der Waals surface area contributed by atoms with Crippen LogP contribution >= 0.6 is 0 Å². The first kappa shape index (κ1) is 16.8. The van der Waals surface area contributed by atoms with Crippen LogP contribution in [0.5, 0.6) is 5.75 Å². The molecule has 1 amide bonds. The number of carbonyl (C=O) groups excluding carboxylic acids is 1. The highest BCUT2D eigenvalue weighted by molar-refractivity contribution is 5.77. The maximum absolute atomic E-state index is 11.8. The Labute approximate surface area is 133 Å². The average molecular weight is 304 g/mol. The van der Waals surface area contributed by atoms with Gasteiger partial charge in [-0.2, -0.15) is 0 Å². The second kappa shape index (κ2) is 8.79. The Hall–Kier alpha value is -1.55. The van der Waals surface area contributed by atoms with Crippen LogP contribution in [-0.2, 0) is 4.79 Å². The van der Waals surface area contributed by atoms with Gasteiger partial charge in [0.15, 0.2) is 6.61 Å². The van der Waals surface area contributed by atoms with E-state index in [0.29, 0.717) is 11.8 Å². The van der Waals surface area contributed by atoms with E-state index in [1.165, 1.54) is 18.4 Å². The summed E-state index contributed by atoms with van der Waals surface area (Å²) >= 11 is 0. The summed E-state index contributed by atoms with van der Waals surface area (Å²) in [6, 6.07) is 7.95. The van der Waals surface area contributed by atoms with Gasteiger partial charge in [0, 0.05) is 6.54 Å². The van der Waals surface area contributed by atoms with Gasteiger partial charge in [-0.05, 0) is 61.9 Å². The average Bonchev–Trinajstić information content (AvgIpc) is 2.54. The summed E-state index contributed by atoms with van der Waals surface area (Å²) in [5.41, 5.74) is 1.28. The molecule has 4 nitrogen and oxygen atoms in total. The van der Waals surface area contributed by atoms with Crippen LogP contribution in [0.4, 0.5) is 0 Å². The van der Waals surface area contributed by atoms with E-state index in [1.54, 1.807) is 0 Å². The molecule has 1 atom stereocenters. The van der Waals surface area contributed by atoms with Crippen molar-refractivity contribution in [3.63, 3.8) is 0 Å². The summed E-state index contributed by atoms with van der Waals surface area (Å²) in [5.74, 6) is 1.90. The first-order chi connectivity index (χ1) is 10.6. The monoisotopic (exact) mass is 304 g/mol. The first-order valence-corrected chi connectivity index (χ1v) is 8.35. The lowest BCUT2D eigenvalue weighted by atomic mass is 9.96. The summed E-state index contributed by atoms with van der Waals surface area (Å²) in [5, 5.41) is 6.33. The molecule has 0 radical (unpaired) electrons.